The molecular weight excluding hydrogens is 304 g/mol. The highest BCUT2D eigenvalue weighted by atomic mass is 16.5. The highest BCUT2D eigenvalue weighted by Gasteiger charge is 2.06. The summed E-state index contributed by atoms with van der Waals surface area (Å²) >= 11 is 0. The maximum atomic E-state index is 10.4. The summed E-state index contributed by atoms with van der Waals surface area (Å²) in [6.45, 7) is 4.86. The minimum absolute atomic E-state index is 0.0998. The van der Waals surface area contributed by atoms with E-state index in [0.717, 1.165) is 57.8 Å². The summed E-state index contributed by atoms with van der Waals surface area (Å²) in [6, 6.07) is 0. The summed E-state index contributed by atoms with van der Waals surface area (Å²) in [7, 11) is 0. The average molecular weight is 343 g/mol. The predicted octanol–water partition coefficient (Wildman–Crippen LogP) is 5.09. The van der Waals surface area contributed by atoms with Crippen molar-refractivity contribution in [2.24, 2.45) is 0 Å². The van der Waals surface area contributed by atoms with E-state index in [1.807, 2.05) is 19.1 Å². The number of carbonyl (C=O) groups is 1. The van der Waals surface area contributed by atoms with Crippen molar-refractivity contribution in [2.75, 3.05) is 6.61 Å². The zero-order valence-electron chi connectivity index (χ0n) is 15.7. The van der Waals surface area contributed by atoms with Gasteiger partial charge in [-0.15, -0.1) is 0 Å². The van der Waals surface area contributed by atoms with E-state index in [1.54, 1.807) is 0 Å². The first-order chi connectivity index (χ1) is 11.6. The van der Waals surface area contributed by atoms with Crippen LogP contribution in [-0.4, -0.2) is 35.0 Å². The Morgan fingerprint density at radius 2 is 1.54 bits per heavy atom. The lowest BCUT2D eigenvalue weighted by Crippen LogP contribution is -2.11. The number of rotatable bonds is 17. The molecular formula is C20H38O4. The number of carboxylic acids is 1. The Hall–Kier alpha value is -0.870. The second-order valence-electron chi connectivity index (χ2n) is 6.50. The lowest BCUT2D eigenvalue weighted by Gasteiger charge is -2.14. The summed E-state index contributed by atoms with van der Waals surface area (Å²) in [5, 5.41) is 18.5. The molecule has 0 aromatic heterocycles. The first-order valence-electron chi connectivity index (χ1n) is 9.79. The second-order valence-corrected chi connectivity index (χ2v) is 6.50. The van der Waals surface area contributed by atoms with Crippen LogP contribution in [0.5, 0.6) is 0 Å². The molecule has 0 aliphatic rings. The highest BCUT2D eigenvalue weighted by molar-refractivity contribution is 5.66. The molecule has 0 aromatic carbocycles. The topological polar surface area (TPSA) is 66.8 Å². The summed E-state index contributed by atoms with van der Waals surface area (Å²) < 4.78 is 5.73. The van der Waals surface area contributed by atoms with Gasteiger partial charge in [0.15, 0.2) is 0 Å². The number of hydrogen-bond acceptors (Lipinski definition) is 3. The molecule has 0 rings (SSSR count). The third-order valence-corrected chi connectivity index (χ3v) is 4.16. The smallest absolute Gasteiger partial charge is 0.303 e. The number of hydrogen-bond donors (Lipinski definition) is 2. The second kappa shape index (κ2) is 17.0. The molecule has 2 atom stereocenters. The van der Waals surface area contributed by atoms with Crippen LogP contribution in [0, 0.1) is 0 Å². The van der Waals surface area contributed by atoms with Crippen LogP contribution >= 0.6 is 0 Å². The van der Waals surface area contributed by atoms with Crippen molar-refractivity contribution < 1.29 is 19.7 Å². The minimum atomic E-state index is -0.696. The summed E-state index contributed by atoms with van der Waals surface area (Å²) in [4.78, 5) is 10.4. The number of aliphatic hydroxyl groups excluding tert-OH is 1. The third-order valence-electron chi connectivity index (χ3n) is 4.16. The molecule has 0 heterocycles. The molecule has 0 aromatic rings. The molecule has 0 radical (unpaired) electrons. The average Bonchev–Trinajstić information content (AvgIpc) is 2.54. The van der Waals surface area contributed by atoms with E-state index in [9.17, 15) is 9.90 Å². The van der Waals surface area contributed by atoms with Crippen molar-refractivity contribution in [1.82, 2.24) is 0 Å². The Bertz CT molecular complexity index is 315. The van der Waals surface area contributed by atoms with Gasteiger partial charge in [0.05, 0.1) is 12.2 Å². The monoisotopic (exact) mass is 342 g/mol. The van der Waals surface area contributed by atoms with Gasteiger partial charge in [0.1, 0.15) is 0 Å². The minimum Gasteiger partial charge on any atom is -0.481 e. The number of aliphatic carboxylic acids is 1. The van der Waals surface area contributed by atoms with Gasteiger partial charge in [0.2, 0.25) is 0 Å². The largest absolute Gasteiger partial charge is 0.481 e. The van der Waals surface area contributed by atoms with E-state index < -0.39 is 5.97 Å². The molecule has 0 spiro atoms. The zero-order valence-corrected chi connectivity index (χ0v) is 15.7. The molecule has 4 nitrogen and oxygen atoms in total. The molecule has 0 saturated carbocycles. The number of carboxylic acid groups (broad SMARTS) is 1. The van der Waals surface area contributed by atoms with Crippen LogP contribution in [0.15, 0.2) is 12.2 Å². The molecule has 2 unspecified atom stereocenters. The van der Waals surface area contributed by atoms with Gasteiger partial charge in [0.25, 0.3) is 0 Å². The standard InChI is InChI=1S/C20H38O4/c1-3-5-10-13-18(21)16-17-19(24-4-2)14-11-8-6-7-9-12-15-20(22)23/h16-19,21H,3-15H2,1-2H3,(H,22,23)/b17-16+. The van der Waals surface area contributed by atoms with E-state index >= 15 is 0 Å². The van der Waals surface area contributed by atoms with Gasteiger partial charge >= 0.3 is 5.97 Å². The lowest BCUT2D eigenvalue weighted by atomic mass is 10.0. The summed E-state index contributed by atoms with van der Waals surface area (Å²) in [6.07, 6.45) is 15.5. The summed E-state index contributed by atoms with van der Waals surface area (Å²) in [5.74, 6) is -0.696. The van der Waals surface area contributed by atoms with E-state index in [0.29, 0.717) is 6.61 Å². The van der Waals surface area contributed by atoms with E-state index in [-0.39, 0.29) is 18.6 Å². The van der Waals surface area contributed by atoms with Gasteiger partial charge in [-0.1, -0.05) is 70.4 Å². The Morgan fingerprint density at radius 3 is 2.17 bits per heavy atom. The molecule has 0 amide bonds. The third kappa shape index (κ3) is 16.0. The first kappa shape index (κ1) is 23.1. The first-order valence-corrected chi connectivity index (χ1v) is 9.79. The van der Waals surface area contributed by atoms with Crippen molar-refractivity contribution >= 4 is 5.97 Å². The molecule has 4 heteroatoms. The zero-order chi connectivity index (χ0) is 18.0. The van der Waals surface area contributed by atoms with Gasteiger partial charge < -0.3 is 14.9 Å². The molecule has 142 valence electrons. The number of ether oxygens (including phenoxy) is 1. The van der Waals surface area contributed by atoms with Crippen molar-refractivity contribution in [2.45, 2.75) is 103 Å². The van der Waals surface area contributed by atoms with E-state index in [2.05, 4.69) is 6.92 Å². The lowest BCUT2D eigenvalue weighted by molar-refractivity contribution is -0.137. The van der Waals surface area contributed by atoms with Crippen molar-refractivity contribution in [3.63, 3.8) is 0 Å². The van der Waals surface area contributed by atoms with Crippen LogP contribution in [0.4, 0.5) is 0 Å². The van der Waals surface area contributed by atoms with Crippen LogP contribution in [-0.2, 0) is 9.53 Å². The van der Waals surface area contributed by atoms with Crippen molar-refractivity contribution in [3.8, 4) is 0 Å². The normalized spacial score (nSPS) is 14.1. The molecule has 2 N–H and O–H groups in total. The molecule has 0 fully saturated rings. The Kier molecular flexibility index (Phi) is 16.4. The van der Waals surface area contributed by atoms with Gasteiger partial charge in [-0.25, -0.2) is 0 Å². The molecule has 0 saturated heterocycles. The predicted molar refractivity (Wildman–Crippen MR) is 99.3 cm³/mol. The van der Waals surface area contributed by atoms with Crippen LogP contribution in [0.1, 0.15) is 90.9 Å². The fourth-order valence-corrected chi connectivity index (χ4v) is 2.73. The Labute approximate surface area is 148 Å². The molecule has 0 bridgehead atoms. The fourth-order valence-electron chi connectivity index (χ4n) is 2.73. The number of unbranched alkanes of at least 4 members (excludes halogenated alkanes) is 7. The van der Waals surface area contributed by atoms with Crippen LogP contribution in [0.25, 0.3) is 0 Å². The quantitative estimate of drug-likeness (QED) is 0.285. The summed E-state index contributed by atoms with van der Waals surface area (Å²) in [5.41, 5.74) is 0. The van der Waals surface area contributed by atoms with E-state index in [4.69, 9.17) is 9.84 Å². The van der Waals surface area contributed by atoms with Crippen LogP contribution in [0.2, 0.25) is 0 Å². The SMILES string of the molecule is CCCCCC(O)/C=C/C(CCCCCCCCC(=O)O)OCC. The fraction of sp³-hybridized carbons (Fsp3) is 0.850. The highest BCUT2D eigenvalue weighted by Crippen LogP contribution is 2.13. The van der Waals surface area contributed by atoms with E-state index in [1.165, 1.54) is 12.8 Å². The molecule has 0 aliphatic carbocycles. The number of aliphatic hydroxyl groups is 1. The Balaban J connectivity index is 3.77. The maximum absolute atomic E-state index is 10.4. The van der Waals surface area contributed by atoms with Crippen molar-refractivity contribution in [1.29, 1.82) is 0 Å². The van der Waals surface area contributed by atoms with Gasteiger partial charge in [0, 0.05) is 13.0 Å². The molecule has 24 heavy (non-hydrogen) atoms. The van der Waals surface area contributed by atoms with Crippen LogP contribution in [0.3, 0.4) is 0 Å². The van der Waals surface area contributed by atoms with Crippen LogP contribution < -0.4 is 0 Å². The Morgan fingerprint density at radius 1 is 0.917 bits per heavy atom. The van der Waals surface area contributed by atoms with Gasteiger partial charge in [-0.05, 0) is 26.2 Å². The molecule has 0 aliphatic heterocycles. The van der Waals surface area contributed by atoms with Gasteiger partial charge in [-0.2, -0.15) is 0 Å². The van der Waals surface area contributed by atoms with Crippen molar-refractivity contribution in [3.05, 3.63) is 12.2 Å². The maximum Gasteiger partial charge on any atom is 0.303 e. The van der Waals surface area contributed by atoms with Gasteiger partial charge in [-0.3, -0.25) is 4.79 Å².